The largest absolute Gasteiger partial charge is 0.478 e. The summed E-state index contributed by atoms with van der Waals surface area (Å²) >= 11 is 0. The molecule has 1 N–H and O–H groups in total. The van der Waals surface area contributed by atoms with Crippen molar-refractivity contribution in [2.45, 2.75) is 19.8 Å². The number of carboxylic acid groups (broad SMARTS) is 1. The molecule has 3 heteroatoms. The lowest BCUT2D eigenvalue weighted by molar-refractivity contribution is -0.132. The topological polar surface area (TPSA) is 54.4 Å². The third-order valence-corrected chi connectivity index (χ3v) is 2.44. The maximum absolute atomic E-state index is 11.5. The van der Waals surface area contributed by atoms with E-state index in [9.17, 15) is 9.59 Å². The minimum Gasteiger partial charge on any atom is -0.478 e. The summed E-state index contributed by atoms with van der Waals surface area (Å²) in [4.78, 5) is 22.0. The normalized spacial score (nSPS) is 11.7. The predicted molar refractivity (Wildman–Crippen MR) is 71.1 cm³/mol. The molecule has 94 valence electrons. The summed E-state index contributed by atoms with van der Waals surface area (Å²) in [7, 11) is 0. The smallest absolute Gasteiger partial charge is 0.330 e. The molecule has 3 nitrogen and oxygen atoms in total. The molecule has 0 fully saturated rings. The zero-order chi connectivity index (χ0) is 13.4. The average Bonchev–Trinajstić information content (AvgIpc) is 2.37. The number of carbonyl (C=O) groups excluding carboxylic acids is 1. The molecule has 0 unspecified atom stereocenters. The zero-order valence-corrected chi connectivity index (χ0v) is 10.3. The van der Waals surface area contributed by atoms with Crippen LogP contribution in [0.1, 0.15) is 25.3 Å². The second-order valence-corrected chi connectivity index (χ2v) is 3.94. The first kappa shape index (κ1) is 13.9. The molecule has 0 atom stereocenters. The third-order valence-electron chi connectivity index (χ3n) is 2.44. The minimum atomic E-state index is -0.942. The summed E-state index contributed by atoms with van der Waals surface area (Å²) in [6.45, 7) is 1.52. The van der Waals surface area contributed by atoms with Crippen LogP contribution in [0.4, 0.5) is 0 Å². The number of carbonyl (C=O) groups is 2. The van der Waals surface area contributed by atoms with Gasteiger partial charge >= 0.3 is 5.97 Å². The van der Waals surface area contributed by atoms with E-state index in [0.29, 0.717) is 12.8 Å². The van der Waals surface area contributed by atoms with Gasteiger partial charge < -0.3 is 5.11 Å². The van der Waals surface area contributed by atoms with E-state index in [0.717, 1.165) is 5.56 Å². The van der Waals surface area contributed by atoms with Crippen molar-refractivity contribution in [1.29, 1.82) is 0 Å². The summed E-state index contributed by atoms with van der Waals surface area (Å²) in [5.41, 5.74) is 1.25. The van der Waals surface area contributed by atoms with Crippen molar-refractivity contribution in [3.8, 4) is 0 Å². The Morgan fingerprint density at radius 3 is 2.50 bits per heavy atom. The highest BCUT2D eigenvalue weighted by Crippen LogP contribution is 2.04. The van der Waals surface area contributed by atoms with Gasteiger partial charge in [0, 0.05) is 12.0 Å². The van der Waals surface area contributed by atoms with Crippen LogP contribution in [-0.4, -0.2) is 16.9 Å². The highest BCUT2D eigenvalue weighted by Gasteiger charge is 2.00. The van der Waals surface area contributed by atoms with Gasteiger partial charge in [-0.05, 0) is 25.0 Å². The van der Waals surface area contributed by atoms with E-state index in [1.807, 2.05) is 30.3 Å². The van der Waals surface area contributed by atoms with Crippen molar-refractivity contribution in [2.75, 3.05) is 0 Å². The number of benzene rings is 1. The van der Waals surface area contributed by atoms with Crippen LogP contribution in [0.15, 0.2) is 48.1 Å². The summed E-state index contributed by atoms with van der Waals surface area (Å²) < 4.78 is 0. The predicted octanol–water partition coefficient (Wildman–Crippen LogP) is 3.08. The van der Waals surface area contributed by atoms with Gasteiger partial charge in [0.15, 0.2) is 5.78 Å². The van der Waals surface area contributed by atoms with E-state index in [4.69, 9.17) is 5.11 Å². The van der Waals surface area contributed by atoms with Crippen LogP contribution in [0, 0.1) is 0 Å². The van der Waals surface area contributed by atoms with Crippen molar-refractivity contribution >= 4 is 17.8 Å². The lowest BCUT2D eigenvalue weighted by Gasteiger charge is -1.94. The molecule has 0 heterocycles. The Labute approximate surface area is 106 Å². The van der Waals surface area contributed by atoms with Gasteiger partial charge in [-0.2, -0.15) is 0 Å². The lowest BCUT2D eigenvalue weighted by atomic mass is 10.1. The SMILES string of the molecule is CC(=CCCC(=O)/C=C/c1ccccc1)C(=O)O. The number of hydrogen-bond donors (Lipinski definition) is 1. The van der Waals surface area contributed by atoms with E-state index < -0.39 is 5.97 Å². The highest BCUT2D eigenvalue weighted by molar-refractivity contribution is 5.93. The van der Waals surface area contributed by atoms with E-state index in [1.165, 1.54) is 13.0 Å². The Hall–Kier alpha value is -2.16. The van der Waals surface area contributed by atoms with E-state index in [2.05, 4.69) is 0 Å². The van der Waals surface area contributed by atoms with Gasteiger partial charge in [0.2, 0.25) is 0 Å². The number of carboxylic acids is 1. The summed E-state index contributed by atoms with van der Waals surface area (Å²) in [6.07, 6.45) is 5.63. The fourth-order valence-electron chi connectivity index (χ4n) is 1.35. The molecule has 0 aromatic heterocycles. The van der Waals surface area contributed by atoms with Crippen LogP contribution in [0.25, 0.3) is 6.08 Å². The van der Waals surface area contributed by atoms with Gasteiger partial charge in [-0.15, -0.1) is 0 Å². The molecule has 0 aliphatic heterocycles. The fraction of sp³-hybridized carbons (Fsp3) is 0.200. The summed E-state index contributed by atoms with van der Waals surface area (Å²) in [5.74, 6) is -0.949. The molecule has 18 heavy (non-hydrogen) atoms. The lowest BCUT2D eigenvalue weighted by Crippen LogP contribution is -1.97. The van der Waals surface area contributed by atoms with Crippen LogP contribution in [0.3, 0.4) is 0 Å². The third kappa shape index (κ3) is 5.25. The van der Waals surface area contributed by atoms with Gasteiger partial charge in [-0.25, -0.2) is 4.79 Å². The van der Waals surface area contributed by atoms with Crippen molar-refractivity contribution in [2.24, 2.45) is 0 Å². The molecule has 0 spiro atoms. The maximum atomic E-state index is 11.5. The second-order valence-electron chi connectivity index (χ2n) is 3.94. The van der Waals surface area contributed by atoms with Crippen molar-refractivity contribution < 1.29 is 14.7 Å². The standard InChI is InChI=1S/C15H16O3/c1-12(15(17)18)6-5-9-14(16)11-10-13-7-3-2-4-8-13/h2-4,6-8,10-11H,5,9H2,1H3,(H,17,18)/b11-10+,12-6?. The van der Waals surface area contributed by atoms with Gasteiger partial charge in [0.05, 0.1) is 0 Å². The van der Waals surface area contributed by atoms with Gasteiger partial charge in [0.1, 0.15) is 0 Å². The first-order valence-electron chi connectivity index (χ1n) is 5.75. The Kier molecular flexibility index (Phi) is 5.58. The molecular formula is C15H16O3. The highest BCUT2D eigenvalue weighted by atomic mass is 16.4. The van der Waals surface area contributed by atoms with Crippen LogP contribution >= 0.6 is 0 Å². The Morgan fingerprint density at radius 1 is 1.22 bits per heavy atom. The molecule has 1 aromatic carbocycles. The molecule has 0 aliphatic carbocycles. The first-order chi connectivity index (χ1) is 8.59. The molecule has 0 saturated carbocycles. The number of aliphatic carboxylic acids is 1. The number of allylic oxidation sites excluding steroid dienone is 2. The Balaban J connectivity index is 2.41. The quantitative estimate of drug-likeness (QED) is 0.782. The molecule has 0 amide bonds. The molecule has 0 aliphatic rings. The van der Waals surface area contributed by atoms with Gasteiger partial charge in [-0.3, -0.25) is 4.79 Å². The molecule has 0 radical (unpaired) electrons. The van der Waals surface area contributed by atoms with E-state index >= 15 is 0 Å². The molecule has 0 bridgehead atoms. The van der Waals surface area contributed by atoms with E-state index in [1.54, 1.807) is 12.2 Å². The number of ketones is 1. The van der Waals surface area contributed by atoms with Gasteiger partial charge in [0.25, 0.3) is 0 Å². The van der Waals surface area contributed by atoms with Crippen LogP contribution in [0.2, 0.25) is 0 Å². The van der Waals surface area contributed by atoms with Crippen molar-refractivity contribution in [1.82, 2.24) is 0 Å². The molecule has 0 saturated heterocycles. The molecular weight excluding hydrogens is 228 g/mol. The van der Waals surface area contributed by atoms with Crippen LogP contribution < -0.4 is 0 Å². The van der Waals surface area contributed by atoms with E-state index in [-0.39, 0.29) is 11.4 Å². The molecule has 1 aromatic rings. The molecule has 1 rings (SSSR count). The average molecular weight is 244 g/mol. The summed E-state index contributed by atoms with van der Waals surface area (Å²) in [5, 5.41) is 8.63. The Bertz CT molecular complexity index is 470. The zero-order valence-electron chi connectivity index (χ0n) is 10.3. The minimum absolute atomic E-state index is 0.00621. The van der Waals surface area contributed by atoms with Crippen molar-refractivity contribution in [3.05, 3.63) is 53.6 Å². The number of hydrogen-bond acceptors (Lipinski definition) is 2. The van der Waals surface area contributed by atoms with Crippen LogP contribution in [0.5, 0.6) is 0 Å². The first-order valence-corrected chi connectivity index (χ1v) is 5.75. The van der Waals surface area contributed by atoms with Crippen LogP contribution in [-0.2, 0) is 9.59 Å². The second kappa shape index (κ2) is 7.22. The van der Waals surface area contributed by atoms with Crippen molar-refractivity contribution in [3.63, 3.8) is 0 Å². The monoisotopic (exact) mass is 244 g/mol. The number of rotatable bonds is 6. The summed E-state index contributed by atoms with van der Waals surface area (Å²) in [6, 6.07) is 9.56. The fourth-order valence-corrected chi connectivity index (χ4v) is 1.35. The van der Waals surface area contributed by atoms with Gasteiger partial charge in [-0.1, -0.05) is 42.5 Å². The Morgan fingerprint density at radius 2 is 1.89 bits per heavy atom. The maximum Gasteiger partial charge on any atom is 0.330 e.